The number of ether oxygens (including phenoxy) is 1. The number of hydrogen-bond donors (Lipinski definition) is 1. The third-order valence-corrected chi connectivity index (χ3v) is 0.961. The topological polar surface area (TPSA) is 38.3 Å². The van der Waals surface area contributed by atoms with E-state index in [-0.39, 0.29) is 18.9 Å². The number of nitrogens with one attached hydrogen (secondary N) is 1. The van der Waals surface area contributed by atoms with Gasteiger partial charge in [0.15, 0.2) is 0 Å². The zero-order chi connectivity index (χ0) is 9.61. The van der Waals surface area contributed by atoms with Crippen molar-refractivity contribution in [1.82, 2.24) is 5.32 Å². The highest BCUT2D eigenvalue weighted by Gasteiger charge is 2.28. The summed E-state index contributed by atoms with van der Waals surface area (Å²) in [5, 5.41) is 2.35. The minimum atomic E-state index is -4.57. The molecule has 0 aromatic rings. The molecule has 0 fully saturated rings. The van der Waals surface area contributed by atoms with Crippen LogP contribution < -0.4 is 5.32 Å². The number of carbonyl (C=O) groups excluding carboxylic acids is 1. The lowest BCUT2D eigenvalue weighted by Gasteiger charge is -2.06. The van der Waals surface area contributed by atoms with Crippen LogP contribution in [0.2, 0.25) is 0 Å². The Balaban J connectivity index is 3.17. The van der Waals surface area contributed by atoms with Gasteiger partial charge in [-0.2, -0.15) is 0 Å². The van der Waals surface area contributed by atoms with Gasteiger partial charge in [-0.3, -0.25) is 9.53 Å². The number of amides is 1. The number of carbonyl (C=O) groups is 1. The van der Waals surface area contributed by atoms with Crippen molar-refractivity contribution in [3.63, 3.8) is 0 Å². The largest absolute Gasteiger partial charge is 0.522 e. The molecule has 0 atom stereocenters. The van der Waals surface area contributed by atoms with Crippen molar-refractivity contribution >= 4 is 5.91 Å². The van der Waals surface area contributed by atoms with Gasteiger partial charge in [0.25, 0.3) is 0 Å². The van der Waals surface area contributed by atoms with Gasteiger partial charge in [-0.1, -0.05) is 0 Å². The van der Waals surface area contributed by atoms with Crippen LogP contribution in [0.1, 0.15) is 13.3 Å². The summed E-state index contributed by atoms with van der Waals surface area (Å²) < 4.78 is 37.5. The SMILES string of the molecule is CC(=O)NCCCOC(F)(F)F. The van der Waals surface area contributed by atoms with E-state index in [0.29, 0.717) is 0 Å². The van der Waals surface area contributed by atoms with E-state index in [4.69, 9.17) is 0 Å². The average molecular weight is 185 g/mol. The molecule has 0 bridgehead atoms. The zero-order valence-corrected chi connectivity index (χ0v) is 6.57. The molecule has 1 amide bonds. The zero-order valence-electron chi connectivity index (χ0n) is 6.57. The van der Waals surface area contributed by atoms with Crippen molar-refractivity contribution in [1.29, 1.82) is 0 Å². The van der Waals surface area contributed by atoms with Crippen LogP contribution in [0.25, 0.3) is 0 Å². The van der Waals surface area contributed by atoms with Crippen LogP contribution >= 0.6 is 0 Å². The van der Waals surface area contributed by atoms with E-state index >= 15 is 0 Å². The Labute approximate surface area is 67.9 Å². The summed E-state index contributed by atoms with van der Waals surface area (Å²) in [5.41, 5.74) is 0. The van der Waals surface area contributed by atoms with Gasteiger partial charge in [0.2, 0.25) is 5.91 Å². The molecule has 0 rings (SSSR count). The van der Waals surface area contributed by atoms with E-state index < -0.39 is 13.0 Å². The molecule has 12 heavy (non-hydrogen) atoms. The molecule has 0 saturated carbocycles. The van der Waals surface area contributed by atoms with E-state index in [1.165, 1.54) is 6.92 Å². The maximum atomic E-state index is 11.3. The maximum absolute atomic E-state index is 11.3. The summed E-state index contributed by atoms with van der Waals surface area (Å²) in [5.74, 6) is -0.262. The molecule has 1 N–H and O–H groups in total. The highest BCUT2D eigenvalue weighted by atomic mass is 19.4. The summed E-state index contributed by atoms with van der Waals surface area (Å²) in [7, 11) is 0. The van der Waals surface area contributed by atoms with Crippen molar-refractivity contribution in [2.45, 2.75) is 19.7 Å². The third kappa shape index (κ3) is 9.22. The molecule has 72 valence electrons. The fourth-order valence-electron chi connectivity index (χ4n) is 0.524. The molecule has 0 saturated heterocycles. The number of hydrogen-bond acceptors (Lipinski definition) is 2. The van der Waals surface area contributed by atoms with Gasteiger partial charge in [-0.25, -0.2) is 0 Å². The van der Waals surface area contributed by atoms with Crippen LogP contribution in [0.5, 0.6) is 0 Å². The Morgan fingerprint density at radius 2 is 2.08 bits per heavy atom. The molecule has 0 unspecified atom stereocenters. The quantitative estimate of drug-likeness (QED) is 0.665. The van der Waals surface area contributed by atoms with Crippen molar-refractivity contribution in [3.05, 3.63) is 0 Å². The molecule has 0 spiro atoms. The first-order chi connectivity index (χ1) is 5.42. The molecule has 3 nitrogen and oxygen atoms in total. The predicted molar refractivity (Wildman–Crippen MR) is 35.3 cm³/mol. The lowest BCUT2D eigenvalue weighted by atomic mass is 10.4. The molecular weight excluding hydrogens is 175 g/mol. The van der Waals surface area contributed by atoms with Crippen LogP contribution in [0.4, 0.5) is 13.2 Å². The molecule has 0 heterocycles. The summed E-state index contributed by atoms with van der Waals surface area (Å²) in [6, 6.07) is 0. The van der Waals surface area contributed by atoms with Crippen molar-refractivity contribution in [2.75, 3.05) is 13.2 Å². The first-order valence-electron chi connectivity index (χ1n) is 3.37. The highest BCUT2D eigenvalue weighted by Crippen LogP contribution is 2.15. The van der Waals surface area contributed by atoms with Gasteiger partial charge in [-0.05, 0) is 6.42 Å². The van der Waals surface area contributed by atoms with Crippen LogP contribution in [-0.2, 0) is 9.53 Å². The lowest BCUT2D eigenvalue weighted by Crippen LogP contribution is -2.23. The van der Waals surface area contributed by atoms with Gasteiger partial charge < -0.3 is 5.32 Å². The normalized spacial score (nSPS) is 11.3. The fourth-order valence-corrected chi connectivity index (χ4v) is 0.524. The number of alkyl halides is 3. The van der Waals surface area contributed by atoms with Crippen LogP contribution in [0.15, 0.2) is 0 Å². The first kappa shape index (κ1) is 11.2. The second-order valence-corrected chi connectivity index (χ2v) is 2.13. The van der Waals surface area contributed by atoms with Gasteiger partial charge in [-0.15, -0.1) is 13.2 Å². The Morgan fingerprint density at radius 1 is 1.50 bits per heavy atom. The molecule has 0 aromatic heterocycles. The molecule has 0 aliphatic carbocycles. The Kier molecular flexibility index (Phi) is 4.65. The monoisotopic (exact) mass is 185 g/mol. The van der Waals surface area contributed by atoms with Gasteiger partial charge in [0.1, 0.15) is 0 Å². The standard InChI is InChI=1S/C6H10F3NO2/c1-5(11)10-3-2-4-12-6(7,8)9/h2-4H2,1H3,(H,10,11). The number of halogens is 3. The molecular formula is C6H10F3NO2. The summed E-state index contributed by atoms with van der Waals surface area (Å²) in [6.45, 7) is 1.07. The van der Waals surface area contributed by atoms with E-state index in [2.05, 4.69) is 10.1 Å². The summed E-state index contributed by atoms with van der Waals surface area (Å²) >= 11 is 0. The second-order valence-electron chi connectivity index (χ2n) is 2.13. The van der Waals surface area contributed by atoms with Crippen molar-refractivity contribution in [3.8, 4) is 0 Å². The Hall–Kier alpha value is -0.780. The fraction of sp³-hybridized carbons (Fsp3) is 0.833. The van der Waals surface area contributed by atoms with Gasteiger partial charge in [0.05, 0.1) is 6.61 Å². The maximum Gasteiger partial charge on any atom is 0.522 e. The third-order valence-electron chi connectivity index (χ3n) is 0.961. The average Bonchev–Trinajstić information content (AvgIpc) is 1.83. The molecule has 0 aromatic carbocycles. The molecule has 6 heteroatoms. The van der Waals surface area contributed by atoms with E-state index in [1.54, 1.807) is 0 Å². The smallest absolute Gasteiger partial charge is 0.356 e. The molecule has 0 aliphatic rings. The van der Waals surface area contributed by atoms with Gasteiger partial charge >= 0.3 is 6.36 Å². The summed E-state index contributed by atoms with van der Waals surface area (Å²) in [4.78, 5) is 10.2. The van der Waals surface area contributed by atoms with Crippen LogP contribution in [0, 0.1) is 0 Å². The predicted octanol–water partition coefficient (Wildman–Crippen LogP) is 1.05. The van der Waals surface area contributed by atoms with E-state index in [0.717, 1.165) is 0 Å². The van der Waals surface area contributed by atoms with Gasteiger partial charge in [0, 0.05) is 13.5 Å². The highest BCUT2D eigenvalue weighted by molar-refractivity contribution is 5.72. The second kappa shape index (κ2) is 4.97. The number of rotatable bonds is 4. The Morgan fingerprint density at radius 3 is 2.50 bits per heavy atom. The van der Waals surface area contributed by atoms with Crippen molar-refractivity contribution < 1.29 is 22.7 Å². The minimum absolute atomic E-state index is 0.152. The lowest BCUT2D eigenvalue weighted by molar-refractivity contribution is -0.324. The van der Waals surface area contributed by atoms with E-state index in [9.17, 15) is 18.0 Å². The van der Waals surface area contributed by atoms with Crippen LogP contribution in [-0.4, -0.2) is 25.4 Å². The molecule has 0 radical (unpaired) electrons. The Bertz CT molecular complexity index is 146. The van der Waals surface area contributed by atoms with E-state index in [1.807, 2.05) is 0 Å². The van der Waals surface area contributed by atoms with Crippen LogP contribution in [0.3, 0.4) is 0 Å². The van der Waals surface area contributed by atoms with Crippen molar-refractivity contribution in [2.24, 2.45) is 0 Å². The molecule has 0 aliphatic heterocycles. The summed E-state index contributed by atoms with van der Waals surface area (Å²) in [6.07, 6.45) is -4.42. The first-order valence-corrected chi connectivity index (χ1v) is 3.37. The minimum Gasteiger partial charge on any atom is -0.356 e.